The smallest absolute Gasteiger partial charge is 0.133 e. The van der Waals surface area contributed by atoms with E-state index < -0.39 is 0 Å². The van der Waals surface area contributed by atoms with E-state index in [9.17, 15) is 0 Å². The fraction of sp³-hybridized carbons (Fsp3) is 0.400. The van der Waals surface area contributed by atoms with Crippen LogP contribution in [0.15, 0.2) is 22.7 Å². The van der Waals surface area contributed by atoms with Crippen molar-refractivity contribution < 1.29 is 4.74 Å². The van der Waals surface area contributed by atoms with E-state index in [-0.39, 0.29) is 0 Å². The second kappa shape index (κ2) is 5.66. The molecular weight excluding hydrogens is 296 g/mol. The number of ether oxygens (including phenoxy) is 1. The molecular formula is C10H12Br2O. The number of hydrogen-bond donors (Lipinski definition) is 0. The van der Waals surface area contributed by atoms with Gasteiger partial charge in [0.2, 0.25) is 0 Å². The molecule has 0 saturated carbocycles. The third-order valence-electron chi connectivity index (χ3n) is 1.62. The first kappa shape index (κ1) is 11.1. The molecule has 1 aromatic carbocycles. The molecule has 3 heteroatoms. The molecule has 0 unspecified atom stereocenters. The Morgan fingerprint density at radius 1 is 1.38 bits per heavy atom. The predicted molar refractivity (Wildman–Crippen MR) is 62.8 cm³/mol. The fourth-order valence-electron chi connectivity index (χ4n) is 0.960. The lowest BCUT2D eigenvalue weighted by molar-refractivity contribution is 0.317. The summed E-state index contributed by atoms with van der Waals surface area (Å²) in [7, 11) is 0. The van der Waals surface area contributed by atoms with Crippen molar-refractivity contribution in [2.75, 3.05) is 11.9 Å². The summed E-state index contributed by atoms with van der Waals surface area (Å²) < 4.78 is 6.58. The van der Waals surface area contributed by atoms with Gasteiger partial charge in [0.25, 0.3) is 0 Å². The van der Waals surface area contributed by atoms with Crippen LogP contribution < -0.4 is 4.74 Å². The van der Waals surface area contributed by atoms with Crippen molar-refractivity contribution in [1.82, 2.24) is 0 Å². The summed E-state index contributed by atoms with van der Waals surface area (Å²) in [4.78, 5) is 0. The van der Waals surface area contributed by atoms with Gasteiger partial charge in [-0.2, -0.15) is 0 Å². The predicted octanol–water partition coefficient (Wildman–Crippen LogP) is 3.92. The van der Waals surface area contributed by atoms with Gasteiger partial charge in [0.15, 0.2) is 0 Å². The zero-order valence-electron chi connectivity index (χ0n) is 7.52. The Hall–Kier alpha value is -0.0200. The average Bonchev–Trinajstić information content (AvgIpc) is 2.09. The van der Waals surface area contributed by atoms with Crippen LogP contribution in [0.1, 0.15) is 12.0 Å². The largest absolute Gasteiger partial charge is 0.492 e. The Bertz CT molecular complexity index is 274. The SMILES string of the molecule is Cc1ccc(OCCCBr)c(Br)c1. The maximum atomic E-state index is 5.56. The lowest BCUT2D eigenvalue weighted by atomic mass is 10.2. The standard InChI is InChI=1S/C10H12Br2O/c1-8-3-4-10(9(12)7-8)13-6-2-5-11/h3-4,7H,2,5-6H2,1H3. The summed E-state index contributed by atoms with van der Waals surface area (Å²) in [6.07, 6.45) is 1.03. The molecule has 0 spiro atoms. The summed E-state index contributed by atoms with van der Waals surface area (Å²) in [5.74, 6) is 0.923. The van der Waals surface area contributed by atoms with Crippen LogP contribution in [0.2, 0.25) is 0 Å². The van der Waals surface area contributed by atoms with Gasteiger partial charge < -0.3 is 4.74 Å². The van der Waals surface area contributed by atoms with Gasteiger partial charge in [-0.25, -0.2) is 0 Å². The molecule has 0 N–H and O–H groups in total. The van der Waals surface area contributed by atoms with Crippen LogP contribution in [-0.4, -0.2) is 11.9 Å². The average molecular weight is 308 g/mol. The van der Waals surface area contributed by atoms with Crippen LogP contribution in [0.4, 0.5) is 0 Å². The van der Waals surface area contributed by atoms with Gasteiger partial charge in [-0.1, -0.05) is 22.0 Å². The van der Waals surface area contributed by atoms with E-state index in [1.54, 1.807) is 0 Å². The second-order valence-electron chi connectivity index (χ2n) is 2.82. The van der Waals surface area contributed by atoms with Crippen molar-refractivity contribution in [3.63, 3.8) is 0 Å². The molecule has 1 nitrogen and oxygen atoms in total. The van der Waals surface area contributed by atoms with Crippen molar-refractivity contribution in [3.8, 4) is 5.75 Å². The molecule has 0 aromatic heterocycles. The van der Waals surface area contributed by atoms with Crippen LogP contribution in [0, 0.1) is 6.92 Å². The summed E-state index contributed by atoms with van der Waals surface area (Å²) in [6.45, 7) is 2.82. The van der Waals surface area contributed by atoms with Crippen molar-refractivity contribution >= 4 is 31.9 Å². The number of rotatable bonds is 4. The molecule has 0 aliphatic carbocycles. The number of alkyl halides is 1. The van der Waals surface area contributed by atoms with E-state index in [0.29, 0.717) is 0 Å². The van der Waals surface area contributed by atoms with Crippen molar-refractivity contribution in [2.45, 2.75) is 13.3 Å². The highest BCUT2D eigenvalue weighted by Crippen LogP contribution is 2.25. The van der Waals surface area contributed by atoms with E-state index >= 15 is 0 Å². The van der Waals surface area contributed by atoms with E-state index in [1.165, 1.54) is 5.56 Å². The van der Waals surface area contributed by atoms with Gasteiger partial charge in [0.1, 0.15) is 5.75 Å². The molecule has 1 rings (SSSR count). The van der Waals surface area contributed by atoms with Gasteiger partial charge in [-0.3, -0.25) is 0 Å². The van der Waals surface area contributed by atoms with Gasteiger partial charge in [-0.15, -0.1) is 0 Å². The monoisotopic (exact) mass is 306 g/mol. The van der Waals surface area contributed by atoms with Gasteiger partial charge >= 0.3 is 0 Å². The minimum absolute atomic E-state index is 0.757. The molecule has 1 aromatic rings. The van der Waals surface area contributed by atoms with Crippen molar-refractivity contribution in [1.29, 1.82) is 0 Å². The molecule has 0 radical (unpaired) electrons. The van der Waals surface area contributed by atoms with Crippen LogP contribution >= 0.6 is 31.9 Å². The lowest BCUT2D eigenvalue weighted by Gasteiger charge is -2.07. The Labute approximate surface area is 95.7 Å². The third kappa shape index (κ3) is 3.69. The number of benzene rings is 1. The molecule has 13 heavy (non-hydrogen) atoms. The Kier molecular flexibility index (Phi) is 4.81. The molecule has 0 bridgehead atoms. The van der Waals surface area contributed by atoms with Gasteiger partial charge in [0, 0.05) is 5.33 Å². The zero-order valence-corrected chi connectivity index (χ0v) is 10.7. The second-order valence-corrected chi connectivity index (χ2v) is 4.47. The highest BCUT2D eigenvalue weighted by atomic mass is 79.9. The molecule has 0 amide bonds. The van der Waals surface area contributed by atoms with Crippen molar-refractivity contribution in [2.24, 2.45) is 0 Å². The van der Waals surface area contributed by atoms with E-state index in [2.05, 4.69) is 44.8 Å². The zero-order chi connectivity index (χ0) is 9.68. The normalized spacial score (nSPS) is 10.1. The Balaban J connectivity index is 2.56. The molecule has 0 fully saturated rings. The molecule has 0 aliphatic heterocycles. The first-order valence-electron chi connectivity index (χ1n) is 4.19. The quantitative estimate of drug-likeness (QED) is 0.605. The molecule has 72 valence electrons. The first-order chi connectivity index (χ1) is 6.24. The Morgan fingerprint density at radius 3 is 2.77 bits per heavy atom. The van der Waals surface area contributed by atoms with Gasteiger partial charge in [0.05, 0.1) is 11.1 Å². The van der Waals surface area contributed by atoms with Crippen LogP contribution in [0.3, 0.4) is 0 Å². The Morgan fingerprint density at radius 2 is 2.15 bits per heavy atom. The number of hydrogen-bond acceptors (Lipinski definition) is 1. The molecule has 0 aliphatic rings. The topological polar surface area (TPSA) is 9.23 Å². The third-order valence-corrected chi connectivity index (χ3v) is 2.80. The van der Waals surface area contributed by atoms with Gasteiger partial charge in [-0.05, 0) is 47.0 Å². The molecule has 0 atom stereocenters. The minimum atomic E-state index is 0.757. The highest BCUT2D eigenvalue weighted by molar-refractivity contribution is 9.10. The van der Waals surface area contributed by atoms with E-state index in [4.69, 9.17) is 4.74 Å². The maximum absolute atomic E-state index is 5.56. The highest BCUT2D eigenvalue weighted by Gasteiger charge is 1.99. The maximum Gasteiger partial charge on any atom is 0.133 e. The van der Waals surface area contributed by atoms with E-state index in [0.717, 1.165) is 28.6 Å². The van der Waals surface area contributed by atoms with Crippen LogP contribution in [0.5, 0.6) is 5.75 Å². The molecule has 0 heterocycles. The summed E-state index contributed by atoms with van der Waals surface area (Å²) >= 11 is 6.82. The van der Waals surface area contributed by atoms with E-state index in [1.807, 2.05) is 12.1 Å². The summed E-state index contributed by atoms with van der Waals surface area (Å²) in [6, 6.07) is 6.10. The lowest BCUT2D eigenvalue weighted by Crippen LogP contribution is -1.98. The summed E-state index contributed by atoms with van der Waals surface area (Å²) in [5, 5.41) is 0.983. The molecule has 0 saturated heterocycles. The van der Waals surface area contributed by atoms with Crippen molar-refractivity contribution in [3.05, 3.63) is 28.2 Å². The number of aryl methyl sites for hydroxylation is 1. The minimum Gasteiger partial charge on any atom is -0.492 e. The van der Waals surface area contributed by atoms with Crippen LogP contribution in [-0.2, 0) is 0 Å². The summed E-state index contributed by atoms with van der Waals surface area (Å²) in [5.41, 5.74) is 1.24. The number of halogens is 2. The van der Waals surface area contributed by atoms with Crippen LogP contribution in [0.25, 0.3) is 0 Å². The first-order valence-corrected chi connectivity index (χ1v) is 6.10. The fourth-order valence-corrected chi connectivity index (χ4v) is 1.80.